The number of carbonyl (C=O) groups is 1. The van der Waals surface area contributed by atoms with E-state index in [9.17, 15) is 13.6 Å². The van der Waals surface area contributed by atoms with Gasteiger partial charge in [-0.1, -0.05) is 12.1 Å². The molecule has 0 unspecified atom stereocenters. The lowest BCUT2D eigenvalue weighted by molar-refractivity contribution is 0.100. The molecule has 0 fully saturated rings. The van der Waals surface area contributed by atoms with Crippen molar-refractivity contribution < 1.29 is 13.6 Å². The number of rotatable bonds is 4. The van der Waals surface area contributed by atoms with E-state index in [2.05, 4.69) is 5.32 Å². The maximum Gasteiger partial charge on any atom is 0.250 e. The fourth-order valence-corrected chi connectivity index (χ4v) is 1.72. The average molecular weight is 262 g/mol. The van der Waals surface area contributed by atoms with Gasteiger partial charge in [-0.3, -0.25) is 4.79 Å². The highest BCUT2D eigenvalue weighted by molar-refractivity contribution is 5.98. The van der Waals surface area contributed by atoms with Crippen LogP contribution in [0.25, 0.3) is 0 Å². The van der Waals surface area contributed by atoms with Gasteiger partial charge in [-0.15, -0.1) is 0 Å². The van der Waals surface area contributed by atoms with E-state index < -0.39 is 17.5 Å². The molecule has 0 bridgehead atoms. The third-order valence-corrected chi connectivity index (χ3v) is 2.67. The number of nitrogens with two attached hydrogens (primary N) is 1. The Labute approximate surface area is 109 Å². The first kappa shape index (κ1) is 13.0. The number of para-hydroxylation sites is 1. The van der Waals surface area contributed by atoms with Crippen LogP contribution in [-0.2, 0) is 6.54 Å². The van der Waals surface area contributed by atoms with E-state index in [0.29, 0.717) is 11.3 Å². The van der Waals surface area contributed by atoms with Gasteiger partial charge in [0.25, 0.3) is 5.91 Å². The first-order valence-corrected chi connectivity index (χ1v) is 5.64. The highest BCUT2D eigenvalue weighted by Gasteiger charge is 2.08. The second-order valence-electron chi connectivity index (χ2n) is 4.00. The van der Waals surface area contributed by atoms with Crippen LogP contribution in [-0.4, -0.2) is 5.91 Å². The Balaban J connectivity index is 2.19. The van der Waals surface area contributed by atoms with Crippen molar-refractivity contribution in [2.24, 2.45) is 5.73 Å². The van der Waals surface area contributed by atoms with Crippen molar-refractivity contribution in [3.8, 4) is 0 Å². The number of halogens is 2. The summed E-state index contributed by atoms with van der Waals surface area (Å²) in [4.78, 5) is 11.2. The number of hydrogen-bond acceptors (Lipinski definition) is 2. The first-order valence-electron chi connectivity index (χ1n) is 5.64. The smallest absolute Gasteiger partial charge is 0.250 e. The topological polar surface area (TPSA) is 55.1 Å². The quantitative estimate of drug-likeness (QED) is 0.890. The van der Waals surface area contributed by atoms with Gasteiger partial charge in [-0.05, 0) is 30.3 Å². The molecule has 0 aromatic heterocycles. The monoisotopic (exact) mass is 262 g/mol. The van der Waals surface area contributed by atoms with Crippen LogP contribution in [0.15, 0.2) is 42.5 Å². The van der Waals surface area contributed by atoms with E-state index in [1.807, 2.05) is 0 Å². The van der Waals surface area contributed by atoms with Crippen molar-refractivity contribution in [2.45, 2.75) is 6.54 Å². The second-order valence-corrected chi connectivity index (χ2v) is 4.00. The zero-order chi connectivity index (χ0) is 13.8. The van der Waals surface area contributed by atoms with Crippen LogP contribution < -0.4 is 11.1 Å². The average Bonchev–Trinajstić information content (AvgIpc) is 2.40. The fourth-order valence-electron chi connectivity index (χ4n) is 1.72. The highest BCUT2D eigenvalue weighted by atomic mass is 19.1. The number of nitrogens with one attached hydrogen (secondary N) is 1. The minimum Gasteiger partial charge on any atom is -0.380 e. The standard InChI is InChI=1S/C14H12F2N2O/c15-10-5-6-12(16)9(7-10)8-18-13-4-2-1-3-11(13)14(17)19/h1-7,18H,8H2,(H2,17,19). The Morgan fingerprint density at radius 3 is 2.63 bits per heavy atom. The Kier molecular flexibility index (Phi) is 3.75. The molecule has 5 heteroatoms. The van der Waals surface area contributed by atoms with Crippen molar-refractivity contribution in [3.05, 3.63) is 65.2 Å². The summed E-state index contributed by atoms with van der Waals surface area (Å²) in [5.74, 6) is -1.60. The minimum atomic E-state index is -0.581. The number of carbonyl (C=O) groups excluding carboxylic acids is 1. The molecule has 2 aromatic rings. The molecule has 98 valence electrons. The van der Waals surface area contributed by atoms with E-state index >= 15 is 0 Å². The van der Waals surface area contributed by atoms with Crippen LogP contribution >= 0.6 is 0 Å². The third-order valence-electron chi connectivity index (χ3n) is 2.67. The Morgan fingerprint density at radius 1 is 1.16 bits per heavy atom. The Bertz CT molecular complexity index is 614. The van der Waals surface area contributed by atoms with Crippen LogP contribution in [0.2, 0.25) is 0 Å². The Morgan fingerprint density at radius 2 is 1.89 bits per heavy atom. The van der Waals surface area contributed by atoms with Gasteiger partial charge in [0.05, 0.1) is 5.56 Å². The van der Waals surface area contributed by atoms with Crippen molar-refractivity contribution >= 4 is 11.6 Å². The summed E-state index contributed by atoms with van der Waals surface area (Å²) in [6.07, 6.45) is 0. The number of primary amides is 1. The van der Waals surface area contributed by atoms with Crippen LogP contribution in [0.4, 0.5) is 14.5 Å². The Hall–Kier alpha value is -2.43. The molecule has 3 nitrogen and oxygen atoms in total. The predicted octanol–water partition coefficient (Wildman–Crippen LogP) is 2.68. The molecular formula is C14H12F2N2O. The lowest BCUT2D eigenvalue weighted by Gasteiger charge is -2.10. The molecule has 0 saturated carbocycles. The van der Waals surface area contributed by atoms with Crippen LogP contribution in [0.5, 0.6) is 0 Å². The normalized spacial score (nSPS) is 10.2. The summed E-state index contributed by atoms with van der Waals surface area (Å²) in [5, 5.41) is 2.87. The van der Waals surface area contributed by atoms with Gasteiger partial charge in [-0.25, -0.2) is 8.78 Å². The summed E-state index contributed by atoms with van der Waals surface area (Å²) in [7, 11) is 0. The molecule has 0 radical (unpaired) electrons. The molecule has 0 aliphatic rings. The molecule has 1 amide bonds. The maximum absolute atomic E-state index is 13.4. The second kappa shape index (κ2) is 5.48. The van der Waals surface area contributed by atoms with E-state index in [0.717, 1.165) is 18.2 Å². The van der Waals surface area contributed by atoms with E-state index in [1.165, 1.54) is 0 Å². The number of amides is 1. The summed E-state index contributed by atoms with van der Waals surface area (Å²) < 4.78 is 26.4. The molecule has 0 aliphatic carbocycles. The zero-order valence-corrected chi connectivity index (χ0v) is 9.99. The molecule has 3 N–H and O–H groups in total. The summed E-state index contributed by atoms with van der Waals surface area (Å²) >= 11 is 0. The lowest BCUT2D eigenvalue weighted by Crippen LogP contribution is -2.14. The first-order chi connectivity index (χ1) is 9.08. The molecule has 2 rings (SSSR count). The van der Waals surface area contributed by atoms with Crippen LogP contribution in [0.3, 0.4) is 0 Å². The van der Waals surface area contributed by atoms with Crippen LogP contribution in [0, 0.1) is 11.6 Å². The number of anilines is 1. The van der Waals surface area contributed by atoms with Gasteiger partial charge >= 0.3 is 0 Å². The van der Waals surface area contributed by atoms with Crippen LogP contribution in [0.1, 0.15) is 15.9 Å². The van der Waals surface area contributed by atoms with Crippen molar-refractivity contribution in [3.63, 3.8) is 0 Å². The lowest BCUT2D eigenvalue weighted by atomic mass is 10.1. The number of benzene rings is 2. The molecule has 0 heterocycles. The summed E-state index contributed by atoms with van der Waals surface area (Å²) in [6, 6.07) is 9.83. The summed E-state index contributed by atoms with van der Waals surface area (Å²) in [5.41, 5.74) is 6.19. The van der Waals surface area contributed by atoms with Crippen molar-refractivity contribution in [2.75, 3.05) is 5.32 Å². The zero-order valence-electron chi connectivity index (χ0n) is 9.99. The van der Waals surface area contributed by atoms with E-state index in [4.69, 9.17) is 5.73 Å². The van der Waals surface area contributed by atoms with Gasteiger partial charge in [0.1, 0.15) is 11.6 Å². The third kappa shape index (κ3) is 3.07. The van der Waals surface area contributed by atoms with Gasteiger partial charge in [-0.2, -0.15) is 0 Å². The molecular weight excluding hydrogens is 250 g/mol. The molecule has 0 spiro atoms. The van der Waals surface area contributed by atoms with Gasteiger partial charge < -0.3 is 11.1 Å². The predicted molar refractivity (Wildman–Crippen MR) is 68.6 cm³/mol. The van der Waals surface area contributed by atoms with Crippen molar-refractivity contribution in [1.29, 1.82) is 0 Å². The van der Waals surface area contributed by atoms with Gasteiger partial charge in [0.2, 0.25) is 0 Å². The maximum atomic E-state index is 13.4. The van der Waals surface area contributed by atoms with E-state index in [1.54, 1.807) is 24.3 Å². The summed E-state index contributed by atoms with van der Waals surface area (Å²) in [6.45, 7) is 0.0634. The highest BCUT2D eigenvalue weighted by Crippen LogP contribution is 2.17. The van der Waals surface area contributed by atoms with Gasteiger partial charge in [0.15, 0.2) is 0 Å². The minimum absolute atomic E-state index is 0.0634. The fraction of sp³-hybridized carbons (Fsp3) is 0.0714. The van der Waals surface area contributed by atoms with Crippen molar-refractivity contribution in [1.82, 2.24) is 0 Å². The molecule has 19 heavy (non-hydrogen) atoms. The molecule has 0 saturated heterocycles. The molecule has 0 aliphatic heterocycles. The van der Waals surface area contributed by atoms with E-state index in [-0.39, 0.29) is 12.1 Å². The number of hydrogen-bond donors (Lipinski definition) is 2. The van der Waals surface area contributed by atoms with Gasteiger partial charge in [0, 0.05) is 17.8 Å². The SMILES string of the molecule is NC(=O)c1ccccc1NCc1cc(F)ccc1F. The molecule has 0 atom stereocenters. The molecule has 2 aromatic carbocycles. The largest absolute Gasteiger partial charge is 0.380 e.